The summed E-state index contributed by atoms with van der Waals surface area (Å²) in [5.41, 5.74) is 4.76. The minimum atomic E-state index is -0.334. The van der Waals surface area contributed by atoms with Gasteiger partial charge in [0.05, 0.1) is 5.41 Å². The lowest BCUT2D eigenvalue weighted by molar-refractivity contribution is -0.126. The first kappa shape index (κ1) is 18.0. The van der Waals surface area contributed by atoms with Crippen molar-refractivity contribution in [3.63, 3.8) is 0 Å². The van der Waals surface area contributed by atoms with Crippen LogP contribution in [0.2, 0.25) is 0 Å². The summed E-state index contributed by atoms with van der Waals surface area (Å²) in [6.45, 7) is 2.50. The van der Waals surface area contributed by atoms with Crippen molar-refractivity contribution in [2.75, 3.05) is 0 Å². The van der Waals surface area contributed by atoms with Gasteiger partial charge in [-0.05, 0) is 35.1 Å². The molecular formula is C21H25ClN2O. The highest BCUT2D eigenvalue weighted by atomic mass is 35.5. The lowest BCUT2D eigenvalue weighted by Crippen LogP contribution is -2.42. The number of rotatable bonds is 4. The van der Waals surface area contributed by atoms with Gasteiger partial charge in [0.15, 0.2) is 0 Å². The van der Waals surface area contributed by atoms with Crippen molar-refractivity contribution in [3.05, 3.63) is 70.8 Å². The Morgan fingerprint density at radius 3 is 2.48 bits per heavy atom. The molecule has 1 fully saturated rings. The second kappa shape index (κ2) is 7.59. The van der Waals surface area contributed by atoms with E-state index in [1.54, 1.807) is 0 Å². The number of nitrogens with one attached hydrogen (secondary N) is 2. The summed E-state index contributed by atoms with van der Waals surface area (Å²) < 4.78 is 0. The van der Waals surface area contributed by atoms with Crippen LogP contribution in [-0.2, 0) is 29.8 Å². The first-order chi connectivity index (χ1) is 11.8. The molecule has 1 aliphatic heterocycles. The highest BCUT2D eigenvalue weighted by Crippen LogP contribution is 2.41. The van der Waals surface area contributed by atoms with Gasteiger partial charge in [0.25, 0.3) is 0 Å². The molecule has 1 aliphatic carbocycles. The molecule has 0 spiro atoms. The Labute approximate surface area is 155 Å². The highest BCUT2D eigenvalue weighted by Gasteiger charge is 2.42. The third-order valence-corrected chi connectivity index (χ3v) is 5.57. The van der Waals surface area contributed by atoms with E-state index in [1.807, 2.05) is 18.2 Å². The van der Waals surface area contributed by atoms with E-state index >= 15 is 0 Å². The van der Waals surface area contributed by atoms with Gasteiger partial charge in [-0.1, -0.05) is 61.4 Å². The predicted octanol–water partition coefficient (Wildman–Crippen LogP) is 3.84. The number of hydrogen-bond acceptors (Lipinski definition) is 2. The van der Waals surface area contributed by atoms with Crippen LogP contribution in [-0.4, -0.2) is 5.91 Å². The fraction of sp³-hybridized carbons (Fsp3) is 0.381. The Balaban J connectivity index is 0.00000182. The first-order valence-electron chi connectivity index (χ1n) is 8.93. The third kappa shape index (κ3) is 3.44. The molecule has 4 rings (SSSR count). The van der Waals surface area contributed by atoms with Crippen molar-refractivity contribution in [1.29, 1.82) is 0 Å². The summed E-state index contributed by atoms with van der Waals surface area (Å²) in [5.74, 6) is 0.185. The van der Waals surface area contributed by atoms with Crippen LogP contribution in [0.1, 0.15) is 47.9 Å². The Morgan fingerprint density at radius 1 is 1.00 bits per heavy atom. The maximum Gasteiger partial charge on any atom is 0.230 e. The van der Waals surface area contributed by atoms with E-state index in [0.717, 1.165) is 44.3 Å². The molecule has 1 heterocycles. The fourth-order valence-corrected chi connectivity index (χ4v) is 4.19. The molecule has 2 aromatic rings. The number of fused-ring (bicyclic) bond motifs is 1. The molecule has 132 valence electrons. The molecule has 0 unspecified atom stereocenters. The summed E-state index contributed by atoms with van der Waals surface area (Å²) in [6, 6.07) is 16.8. The van der Waals surface area contributed by atoms with Crippen LogP contribution in [0.15, 0.2) is 48.5 Å². The number of carbonyl (C=O) groups excluding carboxylic acids is 1. The minimum Gasteiger partial charge on any atom is -0.351 e. The third-order valence-electron chi connectivity index (χ3n) is 5.57. The van der Waals surface area contributed by atoms with Crippen LogP contribution < -0.4 is 10.6 Å². The van der Waals surface area contributed by atoms with E-state index < -0.39 is 0 Å². The lowest BCUT2D eigenvalue weighted by Gasteiger charge is -2.28. The Hall–Kier alpha value is -1.84. The maximum absolute atomic E-state index is 13.1. The monoisotopic (exact) mass is 356 g/mol. The molecule has 3 nitrogen and oxygen atoms in total. The predicted molar refractivity (Wildman–Crippen MR) is 103 cm³/mol. The van der Waals surface area contributed by atoms with Crippen LogP contribution in [0.5, 0.6) is 0 Å². The highest BCUT2D eigenvalue weighted by molar-refractivity contribution is 5.88. The topological polar surface area (TPSA) is 41.1 Å². The lowest BCUT2D eigenvalue weighted by atomic mass is 9.78. The Kier molecular flexibility index (Phi) is 5.45. The van der Waals surface area contributed by atoms with Crippen molar-refractivity contribution in [2.45, 2.75) is 50.7 Å². The average molecular weight is 357 g/mol. The van der Waals surface area contributed by atoms with Crippen molar-refractivity contribution in [2.24, 2.45) is 0 Å². The molecule has 0 bridgehead atoms. The zero-order chi connectivity index (χ0) is 16.4. The van der Waals surface area contributed by atoms with Crippen LogP contribution in [0, 0.1) is 0 Å². The van der Waals surface area contributed by atoms with E-state index in [4.69, 9.17) is 0 Å². The Morgan fingerprint density at radius 2 is 1.72 bits per heavy atom. The molecule has 1 amide bonds. The van der Waals surface area contributed by atoms with Crippen LogP contribution in [0.4, 0.5) is 0 Å². The van der Waals surface area contributed by atoms with E-state index in [9.17, 15) is 4.79 Å². The van der Waals surface area contributed by atoms with Gasteiger partial charge in [-0.2, -0.15) is 0 Å². The zero-order valence-electron chi connectivity index (χ0n) is 14.4. The molecule has 2 N–H and O–H groups in total. The molecule has 25 heavy (non-hydrogen) atoms. The van der Waals surface area contributed by atoms with E-state index in [-0.39, 0.29) is 23.7 Å². The van der Waals surface area contributed by atoms with Crippen molar-refractivity contribution < 1.29 is 4.79 Å². The molecular weight excluding hydrogens is 332 g/mol. The van der Waals surface area contributed by atoms with Gasteiger partial charge < -0.3 is 10.6 Å². The molecule has 2 aromatic carbocycles. The summed E-state index contributed by atoms with van der Waals surface area (Å²) >= 11 is 0. The van der Waals surface area contributed by atoms with E-state index in [1.165, 1.54) is 16.7 Å². The largest absolute Gasteiger partial charge is 0.351 e. The van der Waals surface area contributed by atoms with Gasteiger partial charge in [0, 0.05) is 19.6 Å². The summed E-state index contributed by atoms with van der Waals surface area (Å²) in [4.78, 5) is 13.1. The van der Waals surface area contributed by atoms with Gasteiger partial charge in [-0.15, -0.1) is 12.4 Å². The normalized spacial score (nSPS) is 17.6. The van der Waals surface area contributed by atoms with Crippen LogP contribution in [0.3, 0.4) is 0 Å². The quantitative estimate of drug-likeness (QED) is 0.873. The van der Waals surface area contributed by atoms with Crippen molar-refractivity contribution in [1.82, 2.24) is 10.6 Å². The summed E-state index contributed by atoms with van der Waals surface area (Å²) in [5, 5.41) is 6.58. The molecule has 0 radical (unpaired) electrons. The number of hydrogen-bond donors (Lipinski definition) is 2. The van der Waals surface area contributed by atoms with E-state index in [0.29, 0.717) is 6.54 Å². The summed E-state index contributed by atoms with van der Waals surface area (Å²) in [6.07, 6.45) is 4.17. The Bertz CT molecular complexity index is 739. The van der Waals surface area contributed by atoms with E-state index in [2.05, 4.69) is 41.0 Å². The van der Waals surface area contributed by atoms with Crippen LogP contribution in [0.25, 0.3) is 0 Å². The minimum absolute atomic E-state index is 0. The number of carbonyl (C=O) groups is 1. The van der Waals surface area contributed by atoms with Crippen molar-refractivity contribution >= 4 is 18.3 Å². The molecule has 1 saturated carbocycles. The SMILES string of the molecule is Cl.O=C(NCc1ccc2c(c1)CNC2)C1(c2ccccc2)CCCC1. The van der Waals surface area contributed by atoms with Gasteiger partial charge in [0.1, 0.15) is 0 Å². The summed E-state index contributed by atoms with van der Waals surface area (Å²) in [7, 11) is 0. The molecule has 0 atom stereocenters. The second-order valence-corrected chi connectivity index (χ2v) is 7.04. The molecule has 2 aliphatic rings. The average Bonchev–Trinajstić information content (AvgIpc) is 3.30. The van der Waals surface area contributed by atoms with Gasteiger partial charge in [-0.25, -0.2) is 0 Å². The fourth-order valence-electron chi connectivity index (χ4n) is 4.19. The first-order valence-corrected chi connectivity index (χ1v) is 8.93. The standard InChI is InChI=1S/C21H24N2O.ClH/c24-20(21(10-4-5-11-21)19-6-2-1-3-7-19)23-13-16-8-9-17-14-22-15-18(17)12-16;/h1-3,6-9,12,22H,4-5,10-11,13-15H2,(H,23,24);1H. The zero-order valence-corrected chi connectivity index (χ0v) is 15.2. The maximum atomic E-state index is 13.1. The number of amides is 1. The van der Waals surface area contributed by atoms with Gasteiger partial charge in [-0.3, -0.25) is 4.79 Å². The molecule has 4 heteroatoms. The van der Waals surface area contributed by atoms with Crippen LogP contribution >= 0.6 is 12.4 Å². The van der Waals surface area contributed by atoms with Gasteiger partial charge in [0.2, 0.25) is 5.91 Å². The number of benzene rings is 2. The molecule has 0 aromatic heterocycles. The smallest absolute Gasteiger partial charge is 0.230 e. The number of halogens is 1. The van der Waals surface area contributed by atoms with Crippen molar-refractivity contribution in [3.8, 4) is 0 Å². The second-order valence-electron chi connectivity index (χ2n) is 7.04. The van der Waals surface area contributed by atoms with Gasteiger partial charge >= 0.3 is 0 Å². The molecule has 0 saturated heterocycles.